The first-order valence-electron chi connectivity index (χ1n) is 9.26. The average molecular weight is 483 g/mol. The standard InChI is InChI=1S/C21H27BrN2O4S/c1-15(2)13-20(16-5-11-19(28-3)12-6-16)23-21(25)14-24(29(4,26)27)18-9-7-17(22)8-10-18/h5-12,15,20H,13-14H2,1-4H3,(H,23,25)/t20-/m1/s1. The Balaban J connectivity index is 2.20. The van der Waals surface area contributed by atoms with Gasteiger partial charge in [-0.2, -0.15) is 0 Å². The molecule has 0 unspecified atom stereocenters. The van der Waals surface area contributed by atoms with Gasteiger partial charge in [0.05, 0.1) is 25.1 Å². The van der Waals surface area contributed by atoms with Crippen LogP contribution >= 0.6 is 15.9 Å². The topological polar surface area (TPSA) is 75.7 Å². The van der Waals surface area contributed by atoms with Crippen molar-refractivity contribution >= 4 is 37.5 Å². The molecule has 1 amide bonds. The van der Waals surface area contributed by atoms with Gasteiger partial charge in [-0.1, -0.05) is 41.9 Å². The van der Waals surface area contributed by atoms with Crippen molar-refractivity contribution in [3.8, 4) is 5.75 Å². The fourth-order valence-corrected chi connectivity index (χ4v) is 4.08. The molecular formula is C21H27BrN2O4S. The summed E-state index contributed by atoms with van der Waals surface area (Å²) in [5.41, 5.74) is 1.39. The molecule has 0 heterocycles. The summed E-state index contributed by atoms with van der Waals surface area (Å²) in [5, 5.41) is 2.99. The van der Waals surface area contributed by atoms with E-state index in [1.165, 1.54) is 0 Å². The van der Waals surface area contributed by atoms with Crippen LogP contribution in [0.4, 0.5) is 5.69 Å². The molecule has 0 aromatic heterocycles. The van der Waals surface area contributed by atoms with Crippen molar-refractivity contribution < 1.29 is 17.9 Å². The van der Waals surface area contributed by atoms with Crippen molar-refractivity contribution in [2.45, 2.75) is 26.3 Å². The quantitative estimate of drug-likeness (QED) is 0.582. The molecule has 0 bridgehead atoms. The molecule has 0 fully saturated rings. The number of hydrogen-bond donors (Lipinski definition) is 1. The number of hydrogen-bond acceptors (Lipinski definition) is 4. The molecule has 0 spiro atoms. The molecule has 0 aliphatic rings. The highest BCUT2D eigenvalue weighted by Gasteiger charge is 2.23. The predicted octanol–water partition coefficient (Wildman–Crippen LogP) is 4.13. The van der Waals surface area contributed by atoms with E-state index in [0.29, 0.717) is 11.6 Å². The lowest BCUT2D eigenvalue weighted by molar-refractivity contribution is -0.120. The van der Waals surface area contributed by atoms with Crippen LogP contribution in [0.3, 0.4) is 0 Å². The van der Waals surface area contributed by atoms with E-state index < -0.39 is 10.0 Å². The molecule has 0 aliphatic carbocycles. The van der Waals surface area contributed by atoms with Gasteiger partial charge in [-0.05, 0) is 54.3 Å². The van der Waals surface area contributed by atoms with E-state index in [1.54, 1.807) is 31.4 Å². The van der Waals surface area contributed by atoms with E-state index in [1.807, 2.05) is 24.3 Å². The summed E-state index contributed by atoms with van der Waals surface area (Å²) in [7, 11) is -2.02. The third-order valence-corrected chi connectivity index (χ3v) is 6.03. The van der Waals surface area contributed by atoms with E-state index in [-0.39, 0.29) is 18.5 Å². The molecule has 0 radical (unpaired) electrons. The summed E-state index contributed by atoms with van der Waals surface area (Å²) in [4.78, 5) is 12.8. The van der Waals surface area contributed by atoms with E-state index in [9.17, 15) is 13.2 Å². The van der Waals surface area contributed by atoms with Crippen molar-refractivity contribution in [3.05, 3.63) is 58.6 Å². The number of nitrogens with zero attached hydrogens (tertiary/aromatic N) is 1. The van der Waals surface area contributed by atoms with Gasteiger partial charge in [0.1, 0.15) is 12.3 Å². The molecule has 1 atom stereocenters. The Morgan fingerprint density at radius 3 is 2.17 bits per heavy atom. The SMILES string of the molecule is COc1ccc([C@@H](CC(C)C)NC(=O)CN(c2ccc(Br)cc2)S(C)(=O)=O)cc1. The van der Waals surface area contributed by atoms with Crippen molar-refractivity contribution in [2.75, 3.05) is 24.2 Å². The molecule has 158 valence electrons. The Hall–Kier alpha value is -2.06. The number of ether oxygens (including phenoxy) is 1. The zero-order valence-corrected chi connectivity index (χ0v) is 19.5. The lowest BCUT2D eigenvalue weighted by atomic mass is 9.97. The van der Waals surface area contributed by atoms with Gasteiger partial charge in [-0.15, -0.1) is 0 Å². The van der Waals surface area contributed by atoms with Crippen LogP contribution in [0.2, 0.25) is 0 Å². The van der Waals surface area contributed by atoms with Crippen LogP contribution in [0.5, 0.6) is 5.75 Å². The number of carbonyl (C=O) groups is 1. The highest BCUT2D eigenvalue weighted by molar-refractivity contribution is 9.10. The third-order valence-electron chi connectivity index (χ3n) is 4.36. The molecule has 2 aromatic rings. The Morgan fingerprint density at radius 2 is 1.69 bits per heavy atom. The molecule has 2 rings (SSSR count). The highest BCUT2D eigenvalue weighted by atomic mass is 79.9. The molecule has 0 saturated carbocycles. The first-order chi connectivity index (χ1) is 13.6. The summed E-state index contributed by atoms with van der Waals surface area (Å²) < 4.78 is 31.7. The zero-order chi connectivity index (χ0) is 21.6. The Bertz CT molecular complexity index is 913. The van der Waals surface area contributed by atoms with Crippen LogP contribution in [0.25, 0.3) is 0 Å². The monoisotopic (exact) mass is 482 g/mol. The van der Waals surface area contributed by atoms with Gasteiger partial charge in [0.15, 0.2) is 0 Å². The van der Waals surface area contributed by atoms with Crippen molar-refractivity contribution in [1.29, 1.82) is 0 Å². The number of amides is 1. The van der Waals surface area contributed by atoms with Gasteiger partial charge < -0.3 is 10.1 Å². The van der Waals surface area contributed by atoms with Crippen LogP contribution < -0.4 is 14.4 Å². The average Bonchev–Trinajstić information content (AvgIpc) is 2.65. The molecular weight excluding hydrogens is 456 g/mol. The summed E-state index contributed by atoms with van der Waals surface area (Å²) in [6, 6.07) is 14.1. The second-order valence-electron chi connectivity index (χ2n) is 7.27. The molecule has 0 aliphatic heterocycles. The van der Waals surface area contributed by atoms with Gasteiger partial charge in [-0.3, -0.25) is 9.10 Å². The number of sulfonamides is 1. The van der Waals surface area contributed by atoms with Gasteiger partial charge in [0.25, 0.3) is 0 Å². The van der Waals surface area contributed by atoms with Crippen LogP contribution in [-0.4, -0.2) is 34.2 Å². The number of nitrogens with one attached hydrogen (secondary N) is 1. The van der Waals surface area contributed by atoms with Crippen LogP contribution in [-0.2, 0) is 14.8 Å². The van der Waals surface area contributed by atoms with E-state index in [0.717, 1.165) is 32.8 Å². The number of carbonyl (C=O) groups excluding carboxylic acids is 1. The van der Waals surface area contributed by atoms with Crippen molar-refractivity contribution in [3.63, 3.8) is 0 Å². The fraction of sp³-hybridized carbons (Fsp3) is 0.381. The van der Waals surface area contributed by atoms with Crippen LogP contribution in [0, 0.1) is 5.92 Å². The second-order valence-corrected chi connectivity index (χ2v) is 10.1. The minimum atomic E-state index is -3.62. The highest BCUT2D eigenvalue weighted by Crippen LogP contribution is 2.24. The maximum Gasteiger partial charge on any atom is 0.241 e. The van der Waals surface area contributed by atoms with E-state index >= 15 is 0 Å². The van der Waals surface area contributed by atoms with Crippen LogP contribution in [0.1, 0.15) is 31.9 Å². The summed E-state index contributed by atoms with van der Waals surface area (Å²) in [6.45, 7) is 3.87. The van der Waals surface area contributed by atoms with Crippen molar-refractivity contribution in [1.82, 2.24) is 5.32 Å². The number of rotatable bonds is 9. The van der Waals surface area contributed by atoms with Gasteiger partial charge >= 0.3 is 0 Å². The second kappa shape index (κ2) is 10.1. The van der Waals surface area contributed by atoms with E-state index in [2.05, 4.69) is 35.1 Å². The maximum absolute atomic E-state index is 12.8. The summed E-state index contributed by atoms with van der Waals surface area (Å²) >= 11 is 3.33. The van der Waals surface area contributed by atoms with Gasteiger partial charge in [0.2, 0.25) is 15.9 Å². The number of halogens is 1. The smallest absolute Gasteiger partial charge is 0.241 e. The minimum Gasteiger partial charge on any atom is -0.497 e. The lowest BCUT2D eigenvalue weighted by Gasteiger charge is -2.25. The predicted molar refractivity (Wildman–Crippen MR) is 120 cm³/mol. The fourth-order valence-electron chi connectivity index (χ4n) is 2.96. The summed E-state index contributed by atoms with van der Waals surface area (Å²) in [6.07, 6.45) is 1.83. The zero-order valence-electron chi connectivity index (χ0n) is 17.1. The number of methoxy groups -OCH3 is 1. The normalized spacial score (nSPS) is 12.5. The molecule has 1 N–H and O–H groups in total. The Kier molecular flexibility index (Phi) is 8.10. The molecule has 2 aromatic carbocycles. The summed E-state index contributed by atoms with van der Waals surface area (Å²) in [5.74, 6) is 0.724. The third kappa shape index (κ3) is 7.04. The Morgan fingerprint density at radius 1 is 1.10 bits per heavy atom. The van der Waals surface area contributed by atoms with E-state index in [4.69, 9.17) is 4.74 Å². The molecule has 29 heavy (non-hydrogen) atoms. The number of benzene rings is 2. The maximum atomic E-state index is 12.8. The number of anilines is 1. The minimum absolute atomic E-state index is 0.222. The first-order valence-corrected chi connectivity index (χ1v) is 11.9. The molecule has 8 heteroatoms. The van der Waals surface area contributed by atoms with Gasteiger partial charge in [-0.25, -0.2) is 8.42 Å². The van der Waals surface area contributed by atoms with Gasteiger partial charge in [0, 0.05) is 4.47 Å². The Labute approximate surface area is 181 Å². The largest absolute Gasteiger partial charge is 0.497 e. The molecule has 0 saturated heterocycles. The first kappa shape index (κ1) is 23.2. The van der Waals surface area contributed by atoms with Crippen molar-refractivity contribution in [2.24, 2.45) is 5.92 Å². The van der Waals surface area contributed by atoms with Crippen LogP contribution in [0.15, 0.2) is 53.0 Å². The molecule has 6 nitrogen and oxygen atoms in total. The lowest BCUT2D eigenvalue weighted by Crippen LogP contribution is -2.41.